The lowest BCUT2D eigenvalue weighted by Gasteiger charge is -2.36. The Labute approximate surface area is 151 Å². The van der Waals surface area contributed by atoms with Crippen LogP contribution in [0.4, 0.5) is 24.8 Å². The van der Waals surface area contributed by atoms with Crippen molar-refractivity contribution < 1.29 is 13.2 Å². The number of imidazole rings is 1. The molecule has 4 heterocycles. The second-order valence-corrected chi connectivity index (χ2v) is 6.30. The van der Waals surface area contributed by atoms with Gasteiger partial charge in [-0.25, -0.2) is 15.0 Å². The van der Waals surface area contributed by atoms with Crippen molar-refractivity contribution in [2.24, 2.45) is 0 Å². The molecule has 3 aromatic rings. The van der Waals surface area contributed by atoms with E-state index in [2.05, 4.69) is 15.0 Å². The number of halogens is 4. The molecule has 0 N–H and O–H groups in total. The van der Waals surface area contributed by atoms with Crippen LogP contribution in [0.3, 0.4) is 0 Å². The highest BCUT2D eigenvalue weighted by atomic mass is 35.5. The van der Waals surface area contributed by atoms with Gasteiger partial charge in [-0.1, -0.05) is 11.6 Å². The van der Waals surface area contributed by atoms with E-state index < -0.39 is 11.9 Å². The molecule has 0 saturated carbocycles. The summed E-state index contributed by atoms with van der Waals surface area (Å²) in [5.41, 5.74) is -0.727. The zero-order valence-electron chi connectivity index (χ0n) is 13.5. The van der Waals surface area contributed by atoms with Gasteiger partial charge in [0, 0.05) is 51.0 Å². The van der Waals surface area contributed by atoms with Crippen LogP contribution in [-0.2, 0) is 6.18 Å². The highest BCUT2D eigenvalue weighted by molar-refractivity contribution is 6.32. The van der Waals surface area contributed by atoms with E-state index in [1.54, 1.807) is 18.3 Å². The summed E-state index contributed by atoms with van der Waals surface area (Å²) in [6.45, 7) is 2.42. The van der Waals surface area contributed by atoms with E-state index in [0.717, 1.165) is 6.20 Å². The van der Waals surface area contributed by atoms with E-state index in [0.29, 0.717) is 42.8 Å². The van der Waals surface area contributed by atoms with Gasteiger partial charge < -0.3 is 14.2 Å². The van der Waals surface area contributed by atoms with Crippen molar-refractivity contribution in [3.63, 3.8) is 0 Å². The zero-order valence-corrected chi connectivity index (χ0v) is 14.2. The Bertz CT molecular complexity index is 933. The van der Waals surface area contributed by atoms with Gasteiger partial charge in [-0.3, -0.25) is 0 Å². The lowest BCUT2D eigenvalue weighted by atomic mass is 10.3. The largest absolute Gasteiger partial charge is 0.434 e. The van der Waals surface area contributed by atoms with Crippen LogP contribution in [0.1, 0.15) is 5.69 Å². The zero-order chi connectivity index (χ0) is 18.3. The van der Waals surface area contributed by atoms with E-state index in [9.17, 15) is 13.2 Å². The number of nitrogens with zero attached hydrogens (tertiary/aromatic N) is 6. The van der Waals surface area contributed by atoms with Gasteiger partial charge in [0.25, 0.3) is 0 Å². The van der Waals surface area contributed by atoms with Crippen LogP contribution in [0.2, 0.25) is 5.02 Å². The third-order valence-corrected chi connectivity index (χ3v) is 4.56. The van der Waals surface area contributed by atoms with Crippen LogP contribution in [0.25, 0.3) is 5.65 Å². The first-order chi connectivity index (χ1) is 12.4. The molecule has 4 rings (SSSR count). The topological polar surface area (TPSA) is 49.6 Å². The molecule has 0 bridgehead atoms. The van der Waals surface area contributed by atoms with Crippen LogP contribution in [-0.4, -0.2) is 45.5 Å². The Balaban J connectivity index is 1.58. The molecule has 26 heavy (non-hydrogen) atoms. The summed E-state index contributed by atoms with van der Waals surface area (Å²) in [5.74, 6) is 1.15. The molecule has 1 aliphatic heterocycles. The highest BCUT2D eigenvalue weighted by Crippen LogP contribution is 2.31. The van der Waals surface area contributed by atoms with Crippen LogP contribution in [0, 0.1) is 0 Å². The van der Waals surface area contributed by atoms with Crippen LogP contribution in [0.15, 0.2) is 36.9 Å². The van der Waals surface area contributed by atoms with Crippen LogP contribution < -0.4 is 9.80 Å². The first kappa shape index (κ1) is 16.9. The summed E-state index contributed by atoms with van der Waals surface area (Å²) in [6, 6.07) is 3.55. The molecular formula is C16H14ClF3N6. The van der Waals surface area contributed by atoms with Crippen molar-refractivity contribution in [3.05, 3.63) is 47.6 Å². The number of anilines is 2. The minimum Gasteiger partial charge on any atom is -0.352 e. The number of hydrogen-bond donors (Lipinski definition) is 0. The van der Waals surface area contributed by atoms with Gasteiger partial charge in [-0.2, -0.15) is 13.2 Å². The van der Waals surface area contributed by atoms with Gasteiger partial charge >= 0.3 is 6.18 Å². The quantitative estimate of drug-likeness (QED) is 0.681. The van der Waals surface area contributed by atoms with E-state index in [1.165, 1.54) is 16.8 Å². The summed E-state index contributed by atoms with van der Waals surface area (Å²) in [6.07, 6.45) is 1.11. The predicted octanol–water partition coefficient (Wildman–Crippen LogP) is 3.12. The molecule has 10 heteroatoms. The fourth-order valence-corrected chi connectivity index (χ4v) is 3.25. The molecule has 0 aromatic carbocycles. The Morgan fingerprint density at radius 1 is 0.962 bits per heavy atom. The number of fused-ring (bicyclic) bond motifs is 1. The number of rotatable bonds is 2. The fraction of sp³-hybridized carbons (Fsp3) is 0.312. The Morgan fingerprint density at radius 3 is 2.27 bits per heavy atom. The molecule has 0 unspecified atom stereocenters. The standard InChI is InChI=1S/C16H14ClF3N6/c17-11-2-1-3-21-13(11)24-6-8-25(9-7-24)14-15-23-12(16(18,19)20)10-26(15)5-4-22-14/h1-5,10H,6-9H2. The Morgan fingerprint density at radius 2 is 1.62 bits per heavy atom. The van der Waals surface area contributed by atoms with Gasteiger partial charge in [-0.05, 0) is 12.1 Å². The number of pyridine rings is 1. The third-order valence-electron chi connectivity index (χ3n) is 4.26. The average molecular weight is 383 g/mol. The average Bonchev–Trinajstić information content (AvgIpc) is 3.07. The van der Waals surface area contributed by atoms with Crippen molar-refractivity contribution in [1.82, 2.24) is 19.4 Å². The summed E-state index contributed by atoms with van der Waals surface area (Å²) in [4.78, 5) is 16.3. The maximum atomic E-state index is 12.9. The van der Waals surface area contributed by atoms with Gasteiger partial charge in [0.1, 0.15) is 5.82 Å². The lowest BCUT2D eigenvalue weighted by molar-refractivity contribution is -0.140. The molecule has 1 fully saturated rings. The number of alkyl halides is 3. The predicted molar refractivity (Wildman–Crippen MR) is 91.7 cm³/mol. The second-order valence-electron chi connectivity index (χ2n) is 5.89. The smallest absolute Gasteiger partial charge is 0.352 e. The number of hydrogen-bond acceptors (Lipinski definition) is 5. The minimum absolute atomic E-state index is 0.198. The molecule has 0 aliphatic carbocycles. The van der Waals surface area contributed by atoms with Gasteiger partial charge in [0.05, 0.1) is 5.02 Å². The van der Waals surface area contributed by atoms with Gasteiger partial charge in [0.15, 0.2) is 17.2 Å². The van der Waals surface area contributed by atoms with Crippen molar-refractivity contribution in [2.75, 3.05) is 36.0 Å². The first-order valence-electron chi connectivity index (χ1n) is 7.95. The monoisotopic (exact) mass is 382 g/mol. The van der Waals surface area contributed by atoms with Crippen molar-refractivity contribution in [3.8, 4) is 0 Å². The number of piperazine rings is 1. The van der Waals surface area contributed by atoms with E-state index >= 15 is 0 Å². The molecule has 136 valence electrons. The fourth-order valence-electron chi connectivity index (χ4n) is 3.01. The summed E-state index contributed by atoms with van der Waals surface area (Å²) in [5, 5.41) is 0.573. The van der Waals surface area contributed by atoms with Gasteiger partial charge in [-0.15, -0.1) is 0 Å². The molecule has 1 aliphatic rings. The van der Waals surface area contributed by atoms with Gasteiger partial charge in [0.2, 0.25) is 0 Å². The van der Waals surface area contributed by atoms with E-state index in [4.69, 9.17) is 11.6 Å². The first-order valence-corrected chi connectivity index (χ1v) is 8.32. The van der Waals surface area contributed by atoms with Crippen molar-refractivity contribution in [2.45, 2.75) is 6.18 Å². The van der Waals surface area contributed by atoms with Crippen molar-refractivity contribution >= 4 is 28.9 Å². The molecule has 0 atom stereocenters. The summed E-state index contributed by atoms with van der Waals surface area (Å²) in [7, 11) is 0. The van der Waals surface area contributed by atoms with Crippen LogP contribution >= 0.6 is 11.6 Å². The molecular weight excluding hydrogens is 369 g/mol. The Kier molecular flexibility index (Phi) is 4.10. The molecule has 0 amide bonds. The second kappa shape index (κ2) is 6.31. The molecule has 6 nitrogen and oxygen atoms in total. The number of aromatic nitrogens is 4. The lowest BCUT2D eigenvalue weighted by Crippen LogP contribution is -2.47. The highest BCUT2D eigenvalue weighted by Gasteiger charge is 2.34. The molecule has 3 aromatic heterocycles. The molecule has 1 saturated heterocycles. The third kappa shape index (κ3) is 3.03. The summed E-state index contributed by atoms with van der Waals surface area (Å²) < 4.78 is 40.2. The SMILES string of the molecule is FC(F)(F)c1cn2ccnc(N3CCN(c4ncccc4Cl)CC3)c2n1. The Hall–Kier alpha value is -2.55. The minimum atomic E-state index is -4.49. The van der Waals surface area contributed by atoms with E-state index in [1.807, 2.05) is 9.80 Å². The summed E-state index contributed by atoms with van der Waals surface area (Å²) >= 11 is 6.18. The van der Waals surface area contributed by atoms with Crippen LogP contribution in [0.5, 0.6) is 0 Å². The van der Waals surface area contributed by atoms with E-state index in [-0.39, 0.29) is 5.65 Å². The maximum Gasteiger partial charge on any atom is 0.434 e. The normalized spacial score (nSPS) is 15.7. The molecule has 0 radical (unpaired) electrons. The maximum absolute atomic E-state index is 12.9. The van der Waals surface area contributed by atoms with Crippen molar-refractivity contribution in [1.29, 1.82) is 0 Å². The molecule has 0 spiro atoms.